The van der Waals surface area contributed by atoms with Gasteiger partial charge in [-0.15, -0.1) is 0 Å². The summed E-state index contributed by atoms with van der Waals surface area (Å²) < 4.78 is 13.5. The van der Waals surface area contributed by atoms with E-state index in [4.69, 9.17) is 0 Å². The molecule has 6 heteroatoms. The number of halogens is 1. The Labute approximate surface area is 155 Å². The minimum absolute atomic E-state index is 0.198. The SMILES string of the molecule is CCC(CNC(=NC)NCCc1c[nH]c2ccc(F)cc12)N1CCCC1. The van der Waals surface area contributed by atoms with Crippen molar-refractivity contribution in [3.05, 3.63) is 35.8 Å². The van der Waals surface area contributed by atoms with Crippen molar-refractivity contribution in [2.75, 3.05) is 33.2 Å². The smallest absolute Gasteiger partial charge is 0.191 e. The minimum atomic E-state index is -0.198. The number of rotatable bonds is 7. The van der Waals surface area contributed by atoms with Crippen molar-refractivity contribution >= 4 is 16.9 Å². The quantitative estimate of drug-likeness (QED) is 0.526. The van der Waals surface area contributed by atoms with E-state index in [0.29, 0.717) is 6.04 Å². The zero-order chi connectivity index (χ0) is 18.4. The van der Waals surface area contributed by atoms with Crippen molar-refractivity contribution in [1.82, 2.24) is 20.5 Å². The second-order valence-electron chi connectivity index (χ2n) is 6.94. The van der Waals surface area contributed by atoms with E-state index in [9.17, 15) is 4.39 Å². The summed E-state index contributed by atoms with van der Waals surface area (Å²) >= 11 is 0. The number of guanidine groups is 1. The molecule has 2 heterocycles. The first-order valence-corrected chi connectivity index (χ1v) is 9.65. The number of likely N-dealkylation sites (tertiary alicyclic amines) is 1. The van der Waals surface area contributed by atoms with E-state index in [1.54, 1.807) is 19.2 Å². The predicted octanol–water partition coefficient (Wildman–Crippen LogP) is 2.89. The van der Waals surface area contributed by atoms with Crippen LogP contribution in [0, 0.1) is 5.82 Å². The van der Waals surface area contributed by atoms with Gasteiger partial charge in [0.1, 0.15) is 5.82 Å². The molecule has 3 rings (SSSR count). The van der Waals surface area contributed by atoms with Gasteiger partial charge in [-0.1, -0.05) is 6.92 Å². The molecule has 1 fully saturated rings. The number of nitrogens with one attached hydrogen (secondary N) is 3. The summed E-state index contributed by atoms with van der Waals surface area (Å²) in [6, 6.07) is 5.42. The van der Waals surface area contributed by atoms with Gasteiger partial charge in [0.25, 0.3) is 0 Å². The Balaban J connectivity index is 1.48. The summed E-state index contributed by atoms with van der Waals surface area (Å²) in [5.41, 5.74) is 2.09. The van der Waals surface area contributed by atoms with Crippen molar-refractivity contribution < 1.29 is 4.39 Å². The molecule has 0 saturated carbocycles. The third-order valence-electron chi connectivity index (χ3n) is 5.27. The van der Waals surface area contributed by atoms with Crippen LogP contribution >= 0.6 is 0 Å². The third-order valence-corrected chi connectivity index (χ3v) is 5.27. The lowest BCUT2D eigenvalue weighted by molar-refractivity contribution is 0.236. The van der Waals surface area contributed by atoms with Gasteiger partial charge in [-0.2, -0.15) is 0 Å². The summed E-state index contributed by atoms with van der Waals surface area (Å²) in [6.45, 7) is 6.34. The van der Waals surface area contributed by atoms with Crippen molar-refractivity contribution in [3.8, 4) is 0 Å². The summed E-state index contributed by atoms with van der Waals surface area (Å²) in [5.74, 6) is 0.630. The van der Waals surface area contributed by atoms with Gasteiger partial charge in [-0.05, 0) is 62.5 Å². The molecule has 1 aromatic heterocycles. The fourth-order valence-corrected chi connectivity index (χ4v) is 3.75. The average Bonchev–Trinajstić information content (AvgIpc) is 3.31. The van der Waals surface area contributed by atoms with Crippen LogP contribution in [0.2, 0.25) is 0 Å². The highest BCUT2D eigenvalue weighted by atomic mass is 19.1. The van der Waals surface area contributed by atoms with E-state index in [1.807, 2.05) is 6.20 Å². The number of aromatic nitrogens is 1. The molecule has 5 nitrogen and oxygen atoms in total. The lowest BCUT2D eigenvalue weighted by Crippen LogP contribution is -2.46. The van der Waals surface area contributed by atoms with Gasteiger partial charge in [0.2, 0.25) is 0 Å². The number of benzene rings is 1. The van der Waals surface area contributed by atoms with E-state index < -0.39 is 0 Å². The first-order chi connectivity index (χ1) is 12.7. The molecule has 3 N–H and O–H groups in total. The highest BCUT2D eigenvalue weighted by Gasteiger charge is 2.20. The Morgan fingerprint density at radius 3 is 2.85 bits per heavy atom. The van der Waals surface area contributed by atoms with Gasteiger partial charge in [0.05, 0.1) is 0 Å². The molecule has 0 amide bonds. The molecular weight excluding hydrogens is 329 g/mol. The number of fused-ring (bicyclic) bond motifs is 1. The number of aliphatic imine (C=N–C) groups is 1. The van der Waals surface area contributed by atoms with Crippen LogP contribution in [0.15, 0.2) is 29.4 Å². The van der Waals surface area contributed by atoms with Gasteiger partial charge in [0.15, 0.2) is 5.96 Å². The van der Waals surface area contributed by atoms with Crippen molar-refractivity contribution in [2.45, 2.75) is 38.6 Å². The van der Waals surface area contributed by atoms with E-state index in [-0.39, 0.29) is 5.82 Å². The van der Waals surface area contributed by atoms with Crippen LogP contribution in [0.3, 0.4) is 0 Å². The molecule has 1 aromatic carbocycles. The molecule has 1 aliphatic heterocycles. The van der Waals surface area contributed by atoms with Crippen LogP contribution in [0.1, 0.15) is 31.7 Å². The van der Waals surface area contributed by atoms with Gasteiger partial charge >= 0.3 is 0 Å². The topological polar surface area (TPSA) is 55.5 Å². The second kappa shape index (κ2) is 9.03. The highest BCUT2D eigenvalue weighted by molar-refractivity contribution is 5.83. The molecular formula is C20H30FN5. The zero-order valence-corrected chi connectivity index (χ0v) is 15.8. The Kier molecular flexibility index (Phi) is 6.50. The monoisotopic (exact) mass is 359 g/mol. The minimum Gasteiger partial charge on any atom is -0.361 e. The van der Waals surface area contributed by atoms with Crippen LogP contribution < -0.4 is 10.6 Å². The molecule has 0 spiro atoms. The molecule has 0 bridgehead atoms. The third kappa shape index (κ3) is 4.55. The summed E-state index contributed by atoms with van der Waals surface area (Å²) in [6.07, 6.45) is 6.55. The van der Waals surface area contributed by atoms with Crippen LogP contribution in [0.25, 0.3) is 10.9 Å². The Hall–Kier alpha value is -2.08. The zero-order valence-electron chi connectivity index (χ0n) is 15.8. The Bertz CT molecular complexity index is 733. The van der Waals surface area contributed by atoms with Crippen molar-refractivity contribution in [1.29, 1.82) is 0 Å². The molecule has 1 unspecified atom stereocenters. The number of aromatic amines is 1. The van der Waals surface area contributed by atoms with Gasteiger partial charge in [-0.25, -0.2) is 4.39 Å². The molecule has 1 aliphatic rings. The Morgan fingerprint density at radius 1 is 1.31 bits per heavy atom. The van der Waals surface area contributed by atoms with Gasteiger partial charge in [-0.3, -0.25) is 9.89 Å². The lowest BCUT2D eigenvalue weighted by atomic mass is 10.1. The maximum Gasteiger partial charge on any atom is 0.191 e. The van der Waals surface area contributed by atoms with Crippen LogP contribution in [0.4, 0.5) is 4.39 Å². The molecule has 26 heavy (non-hydrogen) atoms. The molecule has 0 radical (unpaired) electrons. The fourth-order valence-electron chi connectivity index (χ4n) is 3.75. The highest BCUT2D eigenvalue weighted by Crippen LogP contribution is 2.19. The number of nitrogens with zero attached hydrogens (tertiary/aromatic N) is 2. The summed E-state index contributed by atoms with van der Waals surface area (Å²) in [7, 11) is 1.80. The Morgan fingerprint density at radius 2 is 2.12 bits per heavy atom. The molecule has 1 saturated heterocycles. The van der Waals surface area contributed by atoms with E-state index in [0.717, 1.165) is 48.4 Å². The lowest BCUT2D eigenvalue weighted by Gasteiger charge is -2.27. The first kappa shape index (κ1) is 18.7. The standard InChI is InChI=1S/C20H30FN5/c1-3-17(26-10-4-5-11-26)14-25-20(22-2)23-9-8-15-13-24-19-7-6-16(21)12-18(15)19/h6-7,12-13,17,24H,3-5,8-11,14H2,1-2H3,(H2,22,23,25). The largest absolute Gasteiger partial charge is 0.361 e. The first-order valence-electron chi connectivity index (χ1n) is 9.65. The number of hydrogen-bond acceptors (Lipinski definition) is 2. The predicted molar refractivity (Wildman–Crippen MR) is 106 cm³/mol. The van der Waals surface area contributed by atoms with E-state index >= 15 is 0 Å². The number of hydrogen-bond donors (Lipinski definition) is 3. The van der Waals surface area contributed by atoms with Crippen molar-refractivity contribution in [2.24, 2.45) is 4.99 Å². The normalized spacial score (nSPS) is 17.0. The average molecular weight is 359 g/mol. The van der Waals surface area contributed by atoms with E-state index in [1.165, 1.54) is 32.0 Å². The maximum atomic E-state index is 13.5. The van der Waals surface area contributed by atoms with Gasteiger partial charge < -0.3 is 15.6 Å². The van der Waals surface area contributed by atoms with Crippen LogP contribution in [0.5, 0.6) is 0 Å². The molecule has 1 atom stereocenters. The summed E-state index contributed by atoms with van der Waals surface area (Å²) in [4.78, 5) is 10.1. The molecule has 0 aliphatic carbocycles. The second-order valence-corrected chi connectivity index (χ2v) is 6.94. The van der Waals surface area contributed by atoms with E-state index in [2.05, 4.69) is 32.4 Å². The van der Waals surface area contributed by atoms with Crippen LogP contribution in [-0.4, -0.2) is 55.1 Å². The van der Waals surface area contributed by atoms with Crippen LogP contribution in [-0.2, 0) is 6.42 Å². The van der Waals surface area contributed by atoms with Gasteiger partial charge in [0, 0.05) is 43.3 Å². The summed E-state index contributed by atoms with van der Waals surface area (Å²) in [5, 5.41) is 7.78. The molecule has 142 valence electrons. The van der Waals surface area contributed by atoms with Crippen molar-refractivity contribution in [3.63, 3.8) is 0 Å². The fraction of sp³-hybridized carbons (Fsp3) is 0.550. The molecule has 2 aromatic rings. The number of H-pyrrole nitrogens is 1. The maximum absolute atomic E-state index is 13.5.